The first-order valence-corrected chi connectivity index (χ1v) is 7.26. The Hall–Kier alpha value is -3.33. The maximum absolute atomic E-state index is 11.7. The number of carbonyl (C=O) groups excluding carboxylic acids is 2. The zero-order valence-corrected chi connectivity index (χ0v) is 13.4. The van der Waals surface area contributed by atoms with E-state index in [1.54, 1.807) is 30.3 Å². The molecule has 2 rings (SSSR count). The summed E-state index contributed by atoms with van der Waals surface area (Å²) in [7, 11) is 1.30. The number of nitrogens with zero attached hydrogens (tertiary/aromatic N) is 1. The van der Waals surface area contributed by atoms with Gasteiger partial charge in [-0.25, -0.2) is 4.79 Å². The van der Waals surface area contributed by atoms with E-state index in [1.165, 1.54) is 14.0 Å². The normalized spacial score (nSPS) is 9.71. The summed E-state index contributed by atoms with van der Waals surface area (Å²) in [6.07, 6.45) is -0.528. The third-order valence-electron chi connectivity index (χ3n) is 3.40. The first kappa shape index (κ1) is 17.0. The van der Waals surface area contributed by atoms with Crippen molar-refractivity contribution in [3.05, 3.63) is 59.2 Å². The Kier molecular flexibility index (Phi) is 5.53. The molecule has 0 aliphatic carbocycles. The van der Waals surface area contributed by atoms with Crippen LogP contribution in [-0.2, 0) is 11.3 Å². The standard InChI is InChI=1S/C18H17N3O3/c1-12(22)16-8-5-14(10-19)9-17(16)20-11-13-3-6-15(7-4-13)21-18(23)24-2/h3-9,20H,11H2,1-2H3,(H,21,23). The molecule has 0 unspecified atom stereocenters. The predicted octanol–water partition coefficient (Wildman–Crippen LogP) is 3.55. The number of nitrogens with one attached hydrogen (secondary N) is 2. The monoisotopic (exact) mass is 323 g/mol. The molecule has 2 aromatic carbocycles. The molecule has 0 fully saturated rings. The second kappa shape index (κ2) is 7.79. The van der Waals surface area contributed by atoms with Crippen LogP contribution in [-0.4, -0.2) is 19.0 Å². The van der Waals surface area contributed by atoms with E-state index >= 15 is 0 Å². The van der Waals surface area contributed by atoms with Gasteiger partial charge in [0, 0.05) is 23.5 Å². The van der Waals surface area contributed by atoms with Gasteiger partial charge in [0.15, 0.2) is 5.78 Å². The number of Topliss-reactive ketones (excluding diaryl/α,β-unsaturated/α-hetero) is 1. The molecule has 0 radical (unpaired) electrons. The minimum atomic E-state index is -0.528. The fourth-order valence-corrected chi connectivity index (χ4v) is 2.14. The average molecular weight is 323 g/mol. The predicted molar refractivity (Wildman–Crippen MR) is 91.0 cm³/mol. The lowest BCUT2D eigenvalue weighted by molar-refractivity contribution is 0.101. The van der Waals surface area contributed by atoms with Gasteiger partial charge in [-0.05, 0) is 42.8 Å². The fourth-order valence-electron chi connectivity index (χ4n) is 2.14. The van der Waals surface area contributed by atoms with Crippen LogP contribution in [0.25, 0.3) is 0 Å². The number of ether oxygens (including phenoxy) is 1. The summed E-state index contributed by atoms with van der Waals surface area (Å²) >= 11 is 0. The van der Waals surface area contributed by atoms with E-state index < -0.39 is 6.09 Å². The molecule has 0 aromatic heterocycles. The number of nitriles is 1. The Labute approximate surface area is 140 Å². The Balaban J connectivity index is 2.09. The van der Waals surface area contributed by atoms with Gasteiger partial charge in [-0.15, -0.1) is 0 Å². The van der Waals surface area contributed by atoms with Crippen LogP contribution < -0.4 is 10.6 Å². The number of methoxy groups -OCH3 is 1. The smallest absolute Gasteiger partial charge is 0.411 e. The maximum atomic E-state index is 11.7. The Bertz CT molecular complexity index is 792. The number of benzene rings is 2. The summed E-state index contributed by atoms with van der Waals surface area (Å²) in [6, 6.07) is 14.2. The van der Waals surface area contributed by atoms with Gasteiger partial charge < -0.3 is 10.1 Å². The third-order valence-corrected chi connectivity index (χ3v) is 3.40. The van der Waals surface area contributed by atoms with E-state index in [4.69, 9.17) is 5.26 Å². The van der Waals surface area contributed by atoms with Crippen LogP contribution in [0.4, 0.5) is 16.2 Å². The van der Waals surface area contributed by atoms with Crippen LogP contribution in [0.5, 0.6) is 0 Å². The van der Waals surface area contributed by atoms with Gasteiger partial charge in [-0.2, -0.15) is 5.26 Å². The summed E-state index contributed by atoms with van der Waals surface area (Å²) in [4.78, 5) is 22.8. The molecule has 1 amide bonds. The van der Waals surface area contributed by atoms with Gasteiger partial charge in [0.05, 0.1) is 18.7 Å². The summed E-state index contributed by atoms with van der Waals surface area (Å²) in [5, 5.41) is 14.7. The SMILES string of the molecule is COC(=O)Nc1ccc(CNc2cc(C#N)ccc2C(C)=O)cc1. The first-order chi connectivity index (χ1) is 11.5. The first-order valence-electron chi connectivity index (χ1n) is 7.26. The van der Waals surface area contributed by atoms with Crippen LogP contribution in [0.2, 0.25) is 0 Å². The second-order valence-corrected chi connectivity index (χ2v) is 5.10. The largest absolute Gasteiger partial charge is 0.453 e. The lowest BCUT2D eigenvalue weighted by Gasteiger charge is -2.11. The number of rotatable bonds is 5. The van der Waals surface area contributed by atoms with Gasteiger partial charge in [-0.3, -0.25) is 10.1 Å². The van der Waals surface area contributed by atoms with E-state index in [-0.39, 0.29) is 5.78 Å². The number of carbonyl (C=O) groups is 2. The molecular weight excluding hydrogens is 306 g/mol. The molecule has 0 heterocycles. The average Bonchev–Trinajstić information content (AvgIpc) is 2.60. The second-order valence-electron chi connectivity index (χ2n) is 5.10. The minimum absolute atomic E-state index is 0.0698. The maximum Gasteiger partial charge on any atom is 0.411 e. The molecule has 0 atom stereocenters. The van der Waals surface area contributed by atoms with Crippen molar-refractivity contribution in [3.8, 4) is 6.07 Å². The lowest BCUT2D eigenvalue weighted by Crippen LogP contribution is -2.11. The van der Waals surface area contributed by atoms with Crippen LogP contribution in [0, 0.1) is 11.3 Å². The van der Waals surface area contributed by atoms with E-state index in [1.807, 2.05) is 12.1 Å². The zero-order valence-electron chi connectivity index (χ0n) is 13.4. The minimum Gasteiger partial charge on any atom is -0.453 e. The van der Waals surface area contributed by atoms with Crippen molar-refractivity contribution < 1.29 is 14.3 Å². The Morgan fingerprint density at radius 2 is 1.88 bits per heavy atom. The Morgan fingerprint density at radius 1 is 1.17 bits per heavy atom. The molecule has 6 heteroatoms. The van der Waals surface area contributed by atoms with Gasteiger partial charge in [-0.1, -0.05) is 12.1 Å². The van der Waals surface area contributed by atoms with Gasteiger partial charge in [0.25, 0.3) is 0 Å². The highest BCUT2D eigenvalue weighted by Gasteiger charge is 2.08. The Morgan fingerprint density at radius 3 is 2.46 bits per heavy atom. The van der Waals surface area contributed by atoms with Crippen molar-refractivity contribution in [1.82, 2.24) is 0 Å². The van der Waals surface area contributed by atoms with Gasteiger partial charge in [0.1, 0.15) is 0 Å². The third kappa shape index (κ3) is 4.34. The molecule has 6 nitrogen and oxygen atoms in total. The molecule has 0 saturated heterocycles. The van der Waals surface area contributed by atoms with Crippen molar-refractivity contribution in [1.29, 1.82) is 5.26 Å². The van der Waals surface area contributed by atoms with E-state index in [0.29, 0.717) is 29.0 Å². The van der Waals surface area contributed by atoms with E-state index in [0.717, 1.165) is 5.56 Å². The molecule has 0 spiro atoms. The van der Waals surface area contributed by atoms with Gasteiger partial charge in [0.2, 0.25) is 0 Å². The molecule has 122 valence electrons. The summed E-state index contributed by atoms with van der Waals surface area (Å²) in [6.45, 7) is 1.97. The quantitative estimate of drug-likeness (QED) is 0.821. The van der Waals surface area contributed by atoms with Crippen LogP contribution in [0.3, 0.4) is 0 Å². The number of hydrogen-bond acceptors (Lipinski definition) is 5. The molecule has 2 N–H and O–H groups in total. The van der Waals surface area contributed by atoms with Crippen molar-refractivity contribution in [3.63, 3.8) is 0 Å². The molecule has 0 aliphatic rings. The zero-order chi connectivity index (χ0) is 17.5. The molecule has 0 aliphatic heterocycles. The van der Waals surface area contributed by atoms with Crippen LogP contribution in [0.15, 0.2) is 42.5 Å². The number of ketones is 1. The van der Waals surface area contributed by atoms with Crippen molar-refractivity contribution >= 4 is 23.3 Å². The van der Waals surface area contributed by atoms with Crippen molar-refractivity contribution in [2.75, 3.05) is 17.7 Å². The summed E-state index contributed by atoms with van der Waals surface area (Å²) in [5.74, 6) is -0.0698. The molecule has 0 saturated carbocycles. The lowest BCUT2D eigenvalue weighted by atomic mass is 10.1. The topological polar surface area (TPSA) is 91.2 Å². The van der Waals surface area contributed by atoms with Gasteiger partial charge >= 0.3 is 6.09 Å². The summed E-state index contributed by atoms with van der Waals surface area (Å²) < 4.78 is 4.53. The van der Waals surface area contributed by atoms with Crippen LogP contribution in [0.1, 0.15) is 28.4 Å². The summed E-state index contributed by atoms with van der Waals surface area (Å²) in [5.41, 5.74) is 3.24. The van der Waals surface area contributed by atoms with Crippen LogP contribution >= 0.6 is 0 Å². The highest BCUT2D eigenvalue weighted by Crippen LogP contribution is 2.20. The van der Waals surface area contributed by atoms with Crippen molar-refractivity contribution in [2.45, 2.75) is 13.5 Å². The number of amides is 1. The van der Waals surface area contributed by atoms with E-state index in [2.05, 4.69) is 21.4 Å². The van der Waals surface area contributed by atoms with Crippen molar-refractivity contribution in [2.24, 2.45) is 0 Å². The fraction of sp³-hybridized carbons (Fsp3) is 0.167. The highest BCUT2D eigenvalue weighted by atomic mass is 16.5. The molecule has 0 bridgehead atoms. The number of anilines is 2. The highest BCUT2D eigenvalue weighted by molar-refractivity contribution is 5.99. The molecule has 2 aromatic rings. The molecule has 24 heavy (non-hydrogen) atoms. The number of hydrogen-bond donors (Lipinski definition) is 2. The molecular formula is C18H17N3O3. The van der Waals surface area contributed by atoms with E-state index in [9.17, 15) is 9.59 Å².